The molecule has 1 atom stereocenters. The summed E-state index contributed by atoms with van der Waals surface area (Å²) in [5.74, 6) is 0.482. The summed E-state index contributed by atoms with van der Waals surface area (Å²) in [7, 11) is 0. The molecule has 1 aliphatic heterocycles. The van der Waals surface area contributed by atoms with Crippen molar-refractivity contribution in [3.63, 3.8) is 0 Å². The molecular formula is C13H26N2O2. The van der Waals surface area contributed by atoms with E-state index in [0.717, 1.165) is 19.6 Å². The van der Waals surface area contributed by atoms with Crippen LogP contribution in [-0.4, -0.2) is 58.6 Å². The van der Waals surface area contributed by atoms with Crippen molar-refractivity contribution in [2.45, 2.75) is 46.3 Å². The van der Waals surface area contributed by atoms with Crippen molar-refractivity contribution >= 4 is 5.91 Å². The predicted octanol–water partition coefficient (Wildman–Crippen LogP) is 0.946. The third kappa shape index (κ3) is 3.68. The fraction of sp³-hybridized carbons (Fsp3) is 0.923. The number of amides is 1. The van der Waals surface area contributed by atoms with Crippen LogP contribution in [0.1, 0.15) is 34.6 Å². The van der Waals surface area contributed by atoms with Crippen molar-refractivity contribution in [2.24, 2.45) is 5.92 Å². The quantitative estimate of drug-likeness (QED) is 0.801. The zero-order valence-electron chi connectivity index (χ0n) is 11.7. The van der Waals surface area contributed by atoms with Gasteiger partial charge in [0.2, 0.25) is 0 Å². The van der Waals surface area contributed by atoms with Gasteiger partial charge < -0.3 is 10.0 Å². The van der Waals surface area contributed by atoms with Gasteiger partial charge in [0.15, 0.2) is 0 Å². The lowest BCUT2D eigenvalue weighted by Gasteiger charge is -2.48. The Morgan fingerprint density at radius 2 is 1.88 bits per heavy atom. The Labute approximate surface area is 105 Å². The minimum Gasteiger partial charge on any atom is -0.384 e. The maximum Gasteiger partial charge on any atom is 0.251 e. The molecule has 0 aromatic carbocycles. The molecule has 0 spiro atoms. The molecule has 0 radical (unpaired) electrons. The number of piperazine rings is 1. The van der Waals surface area contributed by atoms with E-state index in [2.05, 4.69) is 32.6 Å². The van der Waals surface area contributed by atoms with Gasteiger partial charge >= 0.3 is 0 Å². The first-order valence-corrected chi connectivity index (χ1v) is 6.46. The van der Waals surface area contributed by atoms with Gasteiger partial charge in [-0.05, 0) is 26.7 Å². The number of nitrogens with zero attached hydrogens (tertiary/aromatic N) is 2. The molecule has 1 aliphatic rings. The maximum atomic E-state index is 11.8. The lowest BCUT2D eigenvalue weighted by Crippen LogP contribution is -2.62. The second-order valence-corrected chi connectivity index (χ2v) is 6.09. The Morgan fingerprint density at radius 3 is 2.29 bits per heavy atom. The standard InChI is InChI=1S/C13H26N2O2/c1-10(2)8-15-7-6-14(9-13(15,4)5)12(17)11(3)16/h10-11,16H,6-9H2,1-5H3/t11-/m0/s1. The molecule has 1 N–H and O–H groups in total. The molecule has 1 fully saturated rings. The summed E-state index contributed by atoms with van der Waals surface area (Å²) in [4.78, 5) is 16.0. The van der Waals surface area contributed by atoms with Crippen molar-refractivity contribution < 1.29 is 9.90 Å². The molecule has 1 rings (SSSR count). The molecule has 0 aromatic rings. The highest BCUT2D eigenvalue weighted by Crippen LogP contribution is 2.22. The smallest absolute Gasteiger partial charge is 0.251 e. The van der Waals surface area contributed by atoms with E-state index in [0.29, 0.717) is 12.5 Å². The SMILES string of the molecule is CC(C)CN1CCN(C(=O)[C@H](C)O)CC1(C)C. The summed E-state index contributed by atoms with van der Waals surface area (Å²) in [6, 6.07) is 0. The molecule has 0 saturated carbocycles. The van der Waals surface area contributed by atoms with Crippen molar-refractivity contribution in [1.29, 1.82) is 0 Å². The Kier molecular flexibility index (Phi) is 4.55. The van der Waals surface area contributed by atoms with Gasteiger partial charge in [-0.15, -0.1) is 0 Å². The van der Waals surface area contributed by atoms with E-state index in [-0.39, 0.29) is 11.4 Å². The van der Waals surface area contributed by atoms with Crippen LogP contribution in [-0.2, 0) is 4.79 Å². The van der Waals surface area contributed by atoms with Crippen LogP contribution in [0.3, 0.4) is 0 Å². The van der Waals surface area contributed by atoms with Gasteiger partial charge in [-0.2, -0.15) is 0 Å². The third-order valence-electron chi connectivity index (χ3n) is 3.33. The van der Waals surface area contributed by atoms with E-state index in [4.69, 9.17) is 0 Å². The van der Waals surface area contributed by atoms with Gasteiger partial charge in [0.25, 0.3) is 5.91 Å². The molecule has 4 nitrogen and oxygen atoms in total. The zero-order chi connectivity index (χ0) is 13.2. The molecule has 1 amide bonds. The number of hydrogen-bond donors (Lipinski definition) is 1. The zero-order valence-corrected chi connectivity index (χ0v) is 11.7. The molecule has 17 heavy (non-hydrogen) atoms. The molecule has 100 valence electrons. The highest BCUT2D eigenvalue weighted by Gasteiger charge is 2.36. The number of hydrogen-bond acceptors (Lipinski definition) is 3. The second kappa shape index (κ2) is 5.36. The molecule has 1 saturated heterocycles. The van der Waals surface area contributed by atoms with Crippen LogP contribution in [0.5, 0.6) is 0 Å². The van der Waals surface area contributed by atoms with Crippen molar-refractivity contribution in [3.8, 4) is 0 Å². The van der Waals surface area contributed by atoms with Gasteiger partial charge in [-0.3, -0.25) is 9.69 Å². The van der Waals surface area contributed by atoms with Gasteiger partial charge in [0.1, 0.15) is 6.10 Å². The molecule has 1 heterocycles. The topological polar surface area (TPSA) is 43.8 Å². The molecule has 0 aliphatic carbocycles. The predicted molar refractivity (Wildman–Crippen MR) is 68.8 cm³/mol. The van der Waals surface area contributed by atoms with Crippen LogP contribution in [0.15, 0.2) is 0 Å². The molecule has 0 bridgehead atoms. The summed E-state index contributed by atoms with van der Waals surface area (Å²) in [5, 5.41) is 9.35. The second-order valence-electron chi connectivity index (χ2n) is 6.09. The van der Waals surface area contributed by atoms with Crippen LogP contribution >= 0.6 is 0 Å². The fourth-order valence-electron chi connectivity index (χ4n) is 2.42. The summed E-state index contributed by atoms with van der Waals surface area (Å²) >= 11 is 0. The van der Waals surface area contributed by atoms with E-state index in [1.165, 1.54) is 6.92 Å². The van der Waals surface area contributed by atoms with Gasteiger partial charge in [-0.25, -0.2) is 0 Å². The van der Waals surface area contributed by atoms with Gasteiger partial charge in [0, 0.05) is 31.7 Å². The van der Waals surface area contributed by atoms with Crippen LogP contribution < -0.4 is 0 Å². The van der Waals surface area contributed by atoms with Crippen molar-refractivity contribution in [2.75, 3.05) is 26.2 Å². The van der Waals surface area contributed by atoms with Crippen LogP contribution in [0.25, 0.3) is 0 Å². The van der Waals surface area contributed by atoms with Gasteiger partial charge in [0.05, 0.1) is 0 Å². The average Bonchev–Trinajstić information content (AvgIpc) is 2.18. The number of rotatable bonds is 3. The summed E-state index contributed by atoms with van der Waals surface area (Å²) in [6.45, 7) is 13.7. The Bertz CT molecular complexity index is 275. The molecule has 4 heteroatoms. The van der Waals surface area contributed by atoms with E-state index in [1.807, 2.05) is 0 Å². The first-order valence-electron chi connectivity index (χ1n) is 6.46. The van der Waals surface area contributed by atoms with E-state index in [9.17, 15) is 9.90 Å². The number of aliphatic hydroxyl groups excluding tert-OH is 1. The van der Waals surface area contributed by atoms with E-state index >= 15 is 0 Å². The number of aliphatic hydroxyl groups is 1. The summed E-state index contributed by atoms with van der Waals surface area (Å²) in [6.07, 6.45) is -0.887. The van der Waals surface area contributed by atoms with Crippen LogP contribution in [0, 0.1) is 5.92 Å². The minimum absolute atomic E-state index is 0.00687. The first-order chi connectivity index (χ1) is 7.74. The Hall–Kier alpha value is -0.610. The summed E-state index contributed by atoms with van der Waals surface area (Å²) < 4.78 is 0. The Morgan fingerprint density at radius 1 is 1.29 bits per heavy atom. The number of carbonyl (C=O) groups is 1. The lowest BCUT2D eigenvalue weighted by molar-refractivity contribution is -0.144. The van der Waals surface area contributed by atoms with Crippen LogP contribution in [0.2, 0.25) is 0 Å². The molecular weight excluding hydrogens is 216 g/mol. The Balaban J connectivity index is 2.65. The highest BCUT2D eigenvalue weighted by molar-refractivity contribution is 5.80. The highest BCUT2D eigenvalue weighted by atomic mass is 16.3. The van der Waals surface area contributed by atoms with Crippen molar-refractivity contribution in [3.05, 3.63) is 0 Å². The van der Waals surface area contributed by atoms with Gasteiger partial charge in [-0.1, -0.05) is 13.8 Å². The minimum atomic E-state index is -0.887. The monoisotopic (exact) mass is 242 g/mol. The largest absolute Gasteiger partial charge is 0.384 e. The molecule has 0 unspecified atom stereocenters. The summed E-state index contributed by atoms with van der Waals surface area (Å²) in [5.41, 5.74) is -0.00687. The lowest BCUT2D eigenvalue weighted by atomic mass is 9.97. The normalized spacial score (nSPS) is 22.9. The van der Waals surface area contributed by atoms with E-state index in [1.54, 1.807) is 4.90 Å². The average molecular weight is 242 g/mol. The van der Waals surface area contributed by atoms with E-state index < -0.39 is 6.10 Å². The van der Waals surface area contributed by atoms with Crippen molar-refractivity contribution in [1.82, 2.24) is 9.80 Å². The fourth-order valence-corrected chi connectivity index (χ4v) is 2.42. The number of carbonyl (C=O) groups excluding carboxylic acids is 1. The molecule has 0 aromatic heterocycles. The third-order valence-corrected chi connectivity index (χ3v) is 3.33. The maximum absolute atomic E-state index is 11.8. The van der Waals surface area contributed by atoms with Crippen LogP contribution in [0.4, 0.5) is 0 Å². The first kappa shape index (κ1) is 14.5.